The Hall–Kier alpha value is -14.1. The van der Waals surface area contributed by atoms with Crippen LogP contribution in [0.4, 0.5) is 0 Å². The maximum Gasteiger partial charge on any atom is 0.338 e. The van der Waals surface area contributed by atoms with E-state index in [4.69, 9.17) is 29.4 Å². The highest BCUT2D eigenvalue weighted by Gasteiger charge is 2.25. The number of rotatable bonds is 20. The number of nitrogens with one attached hydrogen (secondary N) is 4. The average molecular weight is 1470 g/mol. The summed E-state index contributed by atoms with van der Waals surface area (Å²) in [5, 5.41) is 0. The van der Waals surface area contributed by atoms with E-state index in [1.165, 1.54) is 0 Å². The molecule has 113 heavy (non-hydrogen) atoms. The number of carbonyl (C=O) groups excluding carboxylic acids is 2. The van der Waals surface area contributed by atoms with Crippen molar-refractivity contribution >= 4 is 105 Å². The van der Waals surface area contributed by atoms with Crippen molar-refractivity contribution in [1.82, 2.24) is 39.9 Å². The molecular formula is C101H80N8O4. The van der Waals surface area contributed by atoms with Gasteiger partial charge in [0.2, 0.25) is 0 Å². The van der Waals surface area contributed by atoms with E-state index in [9.17, 15) is 9.59 Å². The first-order valence-electron chi connectivity index (χ1n) is 39.0. The summed E-state index contributed by atoms with van der Waals surface area (Å²) >= 11 is 0. The van der Waals surface area contributed by atoms with Crippen LogP contribution in [0, 0.1) is 0 Å². The second-order valence-corrected chi connectivity index (χ2v) is 28.9. The van der Waals surface area contributed by atoms with Gasteiger partial charge in [-0.05, 0) is 198 Å². The van der Waals surface area contributed by atoms with Crippen LogP contribution in [0.25, 0.3) is 182 Å². The number of nitrogens with zero attached hydrogens (tertiary/aromatic N) is 4. The molecule has 0 spiro atoms. The van der Waals surface area contributed by atoms with Gasteiger partial charge in [0.15, 0.2) is 0 Å². The van der Waals surface area contributed by atoms with Crippen LogP contribution in [0.15, 0.2) is 279 Å². The number of ether oxygens (including phenoxy) is 2. The Bertz CT molecular complexity index is 5970. The summed E-state index contributed by atoms with van der Waals surface area (Å²) < 4.78 is 12.8. The first kappa shape index (κ1) is 70.6. The van der Waals surface area contributed by atoms with Crippen LogP contribution in [-0.4, -0.2) is 64.0 Å². The lowest BCUT2D eigenvalue weighted by atomic mass is 10.0. The normalized spacial score (nSPS) is 12.6. The Morgan fingerprint density at radius 1 is 0.248 bits per heavy atom. The number of esters is 2. The van der Waals surface area contributed by atoms with Crippen molar-refractivity contribution in [1.29, 1.82) is 0 Å². The smallest absolute Gasteiger partial charge is 0.338 e. The molecule has 4 aliphatic heterocycles. The predicted molar refractivity (Wildman–Crippen MR) is 463 cm³/mol. The van der Waals surface area contributed by atoms with Crippen LogP contribution >= 0.6 is 0 Å². The molecule has 10 heterocycles. The monoisotopic (exact) mass is 1470 g/mol. The van der Waals surface area contributed by atoms with Crippen molar-refractivity contribution in [2.75, 3.05) is 0 Å². The van der Waals surface area contributed by atoms with Gasteiger partial charge in [0, 0.05) is 88.6 Å². The third-order valence-electron chi connectivity index (χ3n) is 21.5. The third kappa shape index (κ3) is 14.4. The van der Waals surface area contributed by atoms with Crippen molar-refractivity contribution in [3.05, 3.63) is 336 Å². The molecule has 8 aromatic carbocycles. The molecule has 12 nitrogen and oxygen atoms in total. The summed E-state index contributed by atoms with van der Waals surface area (Å²) in [6.07, 6.45) is 21.0. The Morgan fingerprint density at radius 3 is 0.619 bits per heavy atom. The zero-order valence-electron chi connectivity index (χ0n) is 62.7. The SMILES string of the molecule is CCC[C@H](CCC[C@H](CCC)OC(=O)c1ccc(-c2c3nc(c(-c4ccccc4)c4ccc([nH]4)c(-c4ccccc4)c4nc(c(-c5ccccc5)c5ccc2[nH]5)C=C4)C=C3)cc1)OC(=O)c1ccc(-c2c3nc(c(-c4ccccc4)c4ccc([nH]4)c(-c4ccccc4)c4nc(c(-c5ccccc5)c5ccc2[nH]5)C=C4)C=C3)cc1. The van der Waals surface area contributed by atoms with Crippen LogP contribution < -0.4 is 0 Å². The van der Waals surface area contributed by atoms with Gasteiger partial charge in [0.05, 0.1) is 56.7 Å². The first-order chi connectivity index (χ1) is 55.7. The number of H-pyrrole nitrogens is 4. The highest BCUT2D eigenvalue weighted by atomic mass is 16.5. The molecule has 18 rings (SSSR count). The fourth-order valence-electron chi connectivity index (χ4n) is 16.2. The second kappa shape index (κ2) is 31.5. The lowest BCUT2D eigenvalue weighted by Crippen LogP contribution is -2.21. The summed E-state index contributed by atoms with van der Waals surface area (Å²) in [7, 11) is 0. The largest absolute Gasteiger partial charge is 0.459 e. The van der Waals surface area contributed by atoms with Crippen molar-refractivity contribution in [3.63, 3.8) is 0 Å². The van der Waals surface area contributed by atoms with Gasteiger partial charge in [-0.2, -0.15) is 0 Å². The van der Waals surface area contributed by atoms with Gasteiger partial charge in [-0.3, -0.25) is 0 Å². The molecule has 0 unspecified atom stereocenters. The highest BCUT2D eigenvalue weighted by Crippen LogP contribution is 2.42. The van der Waals surface area contributed by atoms with Crippen molar-refractivity contribution in [2.24, 2.45) is 0 Å². The van der Waals surface area contributed by atoms with Gasteiger partial charge < -0.3 is 29.4 Å². The molecule has 548 valence electrons. The Kier molecular flexibility index (Phi) is 19.7. The Labute approximate surface area is 655 Å². The maximum atomic E-state index is 14.4. The summed E-state index contributed by atoms with van der Waals surface area (Å²) in [4.78, 5) is 66.1. The minimum Gasteiger partial charge on any atom is -0.459 e. The van der Waals surface area contributed by atoms with Crippen LogP contribution in [0.1, 0.15) is 125 Å². The van der Waals surface area contributed by atoms with Crippen molar-refractivity contribution < 1.29 is 19.1 Å². The molecule has 0 aliphatic carbocycles. The summed E-state index contributed by atoms with van der Waals surface area (Å²) in [6.45, 7) is 4.21. The van der Waals surface area contributed by atoms with Gasteiger partial charge in [-0.15, -0.1) is 0 Å². The fraction of sp³-hybridized carbons (Fsp3) is 0.109. The maximum absolute atomic E-state index is 14.4. The van der Waals surface area contributed by atoms with Gasteiger partial charge in [-0.1, -0.05) is 233 Å². The van der Waals surface area contributed by atoms with E-state index in [-0.39, 0.29) is 12.2 Å². The number of hydrogen-bond acceptors (Lipinski definition) is 8. The minimum atomic E-state index is -0.393. The zero-order chi connectivity index (χ0) is 76.1. The molecule has 0 saturated heterocycles. The summed E-state index contributed by atoms with van der Waals surface area (Å²) in [5.41, 5.74) is 30.0. The standard InChI is InChI=1S/C101H80N8O4/c1-3-24-74(112-100(110)72-44-40-70(41-45-72)98-88-60-56-84(106-88)94(66-30-15-7-16-31-66)80-52-48-76(102-80)92(64-26-11-5-12-27-64)77-49-53-81(103-77)95(67-32-17-8-18-33-67)85-57-61-89(98)107-85)38-23-39-75(25-4-2)113-101(111)73-46-42-71(43-47-73)99-90-62-58-86(108-90)96(68-34-19-9-20-35-68)82-54-50-78(104-82)93(65-28-13-6-14-29-65)79-51-55-83(105-79)97(69-36-21-10-22-37-69)87-59-63-91(99)109-87/h5-22,26-37,40-63,74-75,102,104,107,109H,3-4,23-25,38-39H2,1-2H3/t74-,75+. The van der Waals surface area contributed by atoms with Crippen LogP contribution in [-0.2, 0) is 9.47 Å². The van der Waals surface area contributed by atoms with Crippen LogP contribution in [0.2, 0.25) is 0 Å². The number of hydrogen-bond donors (Lipinski definition) is 4. The molecule has 14 aromatic rings. The van der Waals surface area contributed by atoms with Gasteiger partial charge in [-0.25, -0.2) is 29.5 Å². The minimum absolute atomic E-state index is 0.348. The van der Waals surface area contributed by atoms with E-state index in [1.807, 2.05) is 84.9 Å². The van der Waals surface area contributed by atoms with E-state index in [0.717, 1.165) is 192 Å². The first-order valence-corrected chi connectivity index (χ1v) is 39.0. The fourth-order valence-corrected chi connectivity index (χ4v) is 16.2. The quantitative estimate of drug-likeness (QED) is 0.0547. The predicted octanol–water partition coefficient (Wildman–Crippen LogP) is 25.5. The van der Waals surface area contributed by atoms with Gasteiger partial charge >= 0.3 is 11.9 Å². The number of fused-ring (bicyclic) bond motifs is 16. The third-order valence-corrected chi connectivity index (χ3v) is 21.5. The van der Waals surface area contributed by atoms with Gasteiger partial charge in [0.25, 0.3) is 0 Å². The molecule has 6 aromatic heterocycles. The Balaban J connectivity index is 0.623. The molecule has 4 aliphatic rings. The van der Waals surface area contributed by atoms with E-state index >= 15 is 0 Å². The van der Waals surface area contributed by atoms with E-state index in [1.54, 1.807) is 0 Å². The summed E-state index contributed by atoms with van der Waals surface area (Å²) in [5.74, 6) is -0.786. The second-order valence-electron chi connectivity index (χ2n) is 28.9. The number of aromatic amines is 4. The topological polar surface area (TPSA) is 167 Å². The van der Waals surface area contributed by atoms with E-state index in [2.05, 4.69) is 277 Å². The lowest BCUT2D eigenvalue weighted by Gasteiger charge is -2.21. The number of aromatic nitrogens is 8. The van der Waals surface area contributed by atoms with Crippen LogP contribution in [0.5, 0.6) is 0 Å². The lowest BCUT2D eigenvalue weighted by molar-refractivity contribution is 0.0190. The number of benzene rings is 8. The molecular weight excluding hydrogens is 1390 g/mol. The number of carbonyl (C=O) groups is 2. The molecule has 0 saturated carbocycles. The molecule has 16 bridgehead atoms. The zero-order valence-corrected chi connectivity index (χ0v) is 62.7. The van der Waals surface area contributed by atoms with E-state index < -0.39 is 11.9 Å². The molecule has 0 radical (unpaired) electrons. The molecule has 2 atom stereocenters. The highest BCUT2D eigenvalue weighted by molar-refractivity contribution is 6.04. The summed E-state index contributed by atoms with van der Waals surface area (Å²) in [6, 6.07) is 94.8. The van der Waals surface area contributed by atoms with Crippen LogP contribution in [0.3, 0.4) is 0 Å². The molecule has 12 heteroatoms. The molecule has 4 N–H and O–H groups in total. The van der Waals surface area contributed by atoms with Crippen molar-refractivity contribution in [3.8, 4) is 89.0 Å². The Morgan fingerprint density at radius 2 is 0.434 bits per heavy atom. The average Bonchev–Trinajstić information content (AvgIpc) is 1.62. The van der Waals surface area contributed by atoms with Crippen molar-refractivity contribution in [2.45, 2.75) is 71.0 Å². The van der Waals surface area contributed by atoms with Gasteiger partial charge in [0.1, 0.15) is 12.2 Å². The molecule has 0 fully saturated rings. The molecule has 0 amide bonds. The van der Waals surface area contributed by atoms with E-state index in [0.29, 0.717) is 43.2 Å².